The highest BCUT2D eigenvalue weighted by Crippen LogP contribution is 2.20. The molecule has 1 aromatic carbocycles. The fourth-order valence-electron chi connectivity index (χ4n) is 1.92. The third-order valence-corrected chi connectivity index (χ3v) is 2.83. The lowest BCUT2D eigenvalue weighted by atomic mass is 10.1. The fraction of sp³-hybridized carbons (Fsp3) is 0.286. The van der Waals surface area contributed by atoms with Gasteiger partial charge in [0.1, 0.15) is 6.33 Å². The molecule has 0 saturated heterocycles. The first-order chi connectivity index (χ1) is 8.31. The van der Waals surface area contributed by atoms with Gasteiger partial charge in [0, 0.05) is 36.7 Å². The highest BCUT2D eigenvalue weighted by atomic mass is 15.1. The highest BCUT2D eigenvalue weighted by molar-refractivity contribution is 5.53. The van der Waals surface area contributed by atoms with Gasteiger partial charge in [0.2, 0.25) is 0 Å². The first kappa shape index (κ1) is 11.6. The van der Waals surface area contributed by atoms with E-state index in [9.17, 15) is 0 Å². The molecular formula is C14H17N3. The van der Waals surface area contributed by atoms with Crippen molar-refractivity contribution in [1.29, 1.82) is 0 Å². The van der Waals surface area contributed by atoms with E-state index in [4.69, 9.17) is 0 Å². The van der Waals surface area contributed by atoms with E-state index in [0.717, 1.165) is 18.7 Å². The van der Waals surface area contributed by atoms with Crippen LogP contribution >= 0.6 is 0 Å². The minimum absolute atomic E-state index is 0.849. The van der Waals surface area contributed by atoms with Gasteiger partial charge in [-0.25, -0.2) is 9.97 Å². The number of aryl methyl sites for hydroxylation is 1. The van der Waals surface area contributed by atoms with Crippen LogP contribution in [0.4, 0.5) is 5.69 Å². The van der Waals surface area contributed by atoms with E-state index in [-0.39, 0.29) is 0 Å². The zero-order valence-electron chi connectivity index (χ0n) is 10.3. The summed E-state index contributed by atoms with van der Waals surface area (Å²) in [5.41, 5.74) is 3.71. The molecule has 1 aromatic heterocycles. The fourth-order valence-corrected chi connectivity index (χ4v) is 1.92. The van der Waals surface area contributed by atoms with Gasteiger partial charge < -0.3 is 4.90 Å². The predicted molar refractivity (Wildman–Crippen MR) is 69.9 cm³/mol. The van der Waals surface area contributed by atoms with Crippen LogP contribution < -0.4 is 4.90 Å². The Bertz CT molecular complexity index is 468. The minimum atomic E-state index is 0.849. The SMILES string of the molecule is CCN(Cc1cncnc1)c1ccccc1C. The highest BCUT2D eigenvalue weighted by Gasteiger charge is 2.07. The lowest BCUT2D eigenvalue weighted by Crippen LogP contribution is -2.22. The standard InChI is InChI=1S/C14H17N3/c1-3-17(10-13-8-15-11-16-9-13)14-7-5-4-6-12(14)2/h4-9,11H,3,10H2,1-2H3. The first-order valence-corrected chi connectivity index (χ1v) is 5.85. The Hall–Kier alpha value is -1.90. The summed E-state index contributed by atoms with van der Waals surface area (Å²) in [6, 6.07) is 8.44. The Morgan fingerprint density at radius 2 is 1.82 bits per heavy atom. The van der Waals surface area contributed by atoms with Crippen LogP contribution in [0.15, 0.2) is 43.0 Å². The summed E-state index contributed by atoms with van der Waals surface area (Å²) in [6.07, 6.45) is 5.30. The molecule has 3 nitrogen and oxygen atoms in total. The number of rotatable bonds is 4. The number of para-hydroxylation sites is 1. The molecule has 1 heterocycles. The van der Waals surface area contributed by atoms with Gasteiger partial charge in [0.05, 0.1) is 0 Å². The van der Waals surface area contributed by atoms with Gasteiger partial charge in [-0.1, -0.05) is 18.2 Å². The summed E-state index contributed by atoms with van der Waals surface area (Å²) in [6.45, 7) is 6.12. The van der Waals surface area contributed by atoms with E-state index in [2.05, 4.69) is 53.0 Å². The van der Waals surface area contributed by atoms with Crippen molar-refractivity contribution in [3.63, 3.8) is 0 Å². The molecule has 3 heteroatoms. The van der Waals surface area contributed by atoms with Crippen molar-refractivity contribution in [3.05, 3.63) is 54.1 Å². The van der Waals surface area contributed by atoms with Crippen molar-refractivity contribution in [2.75, 3.05) is 11.4 Å². The van der Waals surface area contributed by atoms with E-state index in [1.807, 2.05) is 12.4 Å². The smallest absolute Gasteiger partial charge is 0.115 e. The molecule has 2 rings (SSSR count). The molecule has 0 unspecified atom stereocenters. The molecule has 0 radical (unpaired) electrons. The van der Waals surface area contributed by atoms with Crippen molar-refractivity contribution >= 4 is 5.69 Å². The molecule has 0 bridgehead atoms. The molecular weight excluding hydrogens is 210 g/mol. The Morgan fingerprint density at radius 3 is 2.47 bits per heavy atom. The second kappa shape index (κ2) is 5.43. The van der Waals surface area contributed by atoms with Crippen molar-refractivity contribution < 1.29 is 0 Å². The minimum Gasteiger partial charge on any atom is -0.367 e. The third kappa shape index (κ3) is 2.81. The number of nitrogens with zero attached hydrogens (tertiary/aromatic N) is 3. The monoisotopic (exact) mass is 227 g/mol. The average molecular weight is 227 g/mol. The van der Waals surface area contributed by atoms with E-state index in [0.29, 0.717) is 0 Å². The quantitative estimate of drug-likeness (QED) is 0.804. The molecule has 0 aliphatic heterocycles. The lowest BCUT2D eigenvalue weighted by Gasteiger charge is -2.24. The van der Waals surface area contributed by atoms with E-state index in [1.165, 1.54) is 11.3 Å². The predicted octanol–water partition coefficient (Wildman–Crippen LogP) is 2.81. The van der Waals surface area contributed by atoms with Gasteiger partial charge in [0.15, 0.2) is 0 Å². The molecule has 0 aliphatic carbocycles. The maximum atomic E-state index is 4.05. The molecule has 0 spiro atoms. The summed E-state index contributed by atoms with van der Waals surface area (Å²) in [5, 5.41) is 0. The Labute approximate surface area is 102 Å². The van der Waals surface area contributed by atoms with Crippen LogP contribution in [0, 0.1) is 6.92 Å². The Morgan fingerprint density at radius 1 is 1.12 bits per heavy atom. The molecule has 0 aliphatic rings. The van der Waals surface area contributed by atoms with Crippen LogP contribution in [0.5, 0.6) is 0 Å². The lowest BCUT2D eigenvalue weighted by molar-refractivity contribution is 0.818. The number of anilines is 1. The van der Waals surface area contributed by atoms with Gasteiger partial charge in [-0.3, -0.25) is 0 Å². The molecule has 0 N–H and O–H groups in total. The maximum absolute atomic E-state index is 4.05. The normalized spacial score (nSPS) is 10.2. The van der Waals surface area contributed by atoms with Gasteiger partial charge in [0.25, 0.3) is 0 Å². The van der Waals surface area contributed by atoms with E-state index >= 15 is 0 Å². The van der Waals surface area contributed by atoms with Crippen LogP contribution in [0.25, 0.3) is 0 Å². The summed E-state index contributed by atoms with van der Waals surface area (Å²) in [7, 11) is 0. The molecule has 0 atom stereocenters. The average Bonchev–Trinajstić information content (AvgIpc) is 2.38. The first-order valence-electron chi connectivity index (χ1n) is 5.85. The van der Waals surface area contributed by atoms with Crippen molar-refractivity contribution in [2.24, 2.45) is 0 Å². The number of hydrogen-bond donors (Lipinski definition) is 0. The third-order valence-electron chi connectivity index (χ3n) is 2.83. The molecule has 0 saturated carbocycles. The van der Waals surface area contributed by atoms with Gasteiger partial charge >= 0.3 is 0 Å². The van der Waals surface area contributed by atoms with Crippen LogP contribution in [-0.2, 0) is 6.54 Å². The summed E-state index contributed by atoms with van der Waals surface area (Å²) in [4.78, 5) is 10.4. The Kier molecular flexibility index (Phi) is 3.70. The van der Waals surface area contributed by atoms with E-state index < -0.39 is 0 Å². The molecule has 0 fully saturated rings. The largest absolute Gasteiger partial charge is 0.367 e. The molecule has 17 heavy (non-hydrogen) atoms. The van der Waals surface area contributed by atoms with Gasteiger partial charge in [-0.05, 0) is 25.5 Å². The van der Waals surface area contributed by atoms with E-state index in [1.54, 1.807) is 6.33 Å². The molecule has 88 valence electrons. The van der Waals surface area contributed by atoms with Crippen molar-refractivity contribution in [1.82, 2.24) is 9.97 Å². The molecule has 2 aromatic rings. The topological polar surface area (TPSA) is 29.0 Å². The summed E-state index contributed by atoms with van der Waals surface area (Å²) >= 11 is 0. The van der Waals surface area contributed by atoms with Crippen molar-refractivity contribution in [2.45, 2.75) is 20.4 Å². The second-order valence-corrected chi connectivity index (χ2v) is 4.05. The van der Waals surface area contributed by atoms with Gasteiger partial charge in [-0.15, -0.1) is 0 Å². The zero-order chi connectivity index (χ0) is 12.1. The van der Waals surface area contributed by atoms with Crippen LogP contribution in [0.2, 0.25) is 0 Å². The molecule has 0 amide bonds. The Balaban J connectivity index is 2.21. The van der Waals surface area contributed by atoms with Gasteiger partial charge in [-0.2, -0.15) is 0 Å². The van der Waals surface area contributed by atoms with Crippen LogP contribution in [0.1, 0.15) is 18.1 Å². The summed E-state index contributed by atoms with van der Waals surface area (Å²) < 4.78 is 0. The maximum Gasteiger partial charge on any atom is 0.115 e. The number of hydrogen-bond acceptors (Lipinski definition) is 3. The number of aromatic nitrogens is 2. The van der Waals surface area contributed by atoms with Crippen LogP contribution in [-0.4, -0.2) is 16.5 Å². The summed E-state index contributed by atoms with van der Waals surface area (Å²) in [5.74, 6) is 0. The number of benzene rings is 1. The zero-order valence-corrected chi connectivity index (χ0v) is 10.3. The second-order valence-electron chi connectivity index (χ2n) is 4.05. The van der Waals surface area contributed by atoms with Crippen LogP contribution in [0.3, 0.4) is 0 Å². The van der Waals surface area contributed by atoms with Crippen molar-refractivity contribution in [3.8, 4) is 0 Å².